The first kappa shape index (κ1) is 28.5. The molecular weight excluding hydrogens is 524 g/mol. The number of hydrogen-bond acceptors (Lipinski definition) is 6. The van der Waals surface area contributed by atoms with Gasteiger partial charge in [0.15, 0.2) is 0 Å². The minimum absolute atomic E-state index is 0.295. The van der Waals surface area contributed by atoms with E-state index in [2.05, 4.69) is 46.6 Å². The van der Waals surface area contributed by atoms with Crippen LogP contribution in [0.4, 0.5) is 5.69 Å². The lowest BCUT2D eigenvalue weighted by Gasteiger charge is -2.25. The smallest absolute Gasteiger partial charge is 0.268 e. The average Bonchev–Trinajstić information content (AvgIpc) is 3.37. The molecule has 1 fully saturated rings. The average molecular weight is 569 g/mol. The third-order valence-electron chi connectivity index (χ3n) is 8.84. The molecule has 6 rings (SSSR count). The highest BCUT2D eigenvalue weighted by molar-refractivity contribution is 5.52. The molecule has 1 aliphatic carbocycles. The van der Waals surface area contributed by atoms with Gasteiger partial charge in [-0.3, -0.25) is 4.90 Å². The van der Waals surface area contributed by atoms with Crippen LogP contribution in [0.3, 0.4) is 0 Å². The number of likely N-dealkylation sites (tertiary alicyclic amines) is 1. The summed E-state index contributed by atoms with van der Waals surface area (Å²) in [5.74, 6) is 2.51. The summed E-state index contributed by atoms with van der Waals surface area (Å²) in [5.41, 5.74) is 5.91. The summed E-state index contributed by atoms with van der Waals surface area (Å²) >= 11 is 0. The van der Waals surface area contributed by atoms with Crippen LogP contribution < -0.4 is 10.1 Å². The first-order chi connectivity index (χ1) is 20.7. The van der Waals surface area contributed by atoms with Crippen LogP contribution in [0, 0.1) is 5.92 Å². The fraction of sp³-hybridized carbons (Fsp3) is 0.444. The van der Waals surface area contributed by atoms with Gasteiger partial charge in [-0.05, 0) is 111 Å². The monoisotopic (exact) mass is 568 g/mol. The number of nitrogens with zero attached hydrogens (tertiary/aromatic N) is 1. The van der Waals surface area contributed by atoms with Gasteiger partial charge in [-0.1, -0.05) is 43.2 Å². The zero-order chi connectivity index (χ0) is 28.6. The van der Waals surface area contributed by atoms with E-state index in [1.807, 2.05) is 24.3 Å². The van der Waals surface area contributed by atoms with Crippen molar-refractivity contribution in [1.29, 1.82) is 0 Å². The van der Waals surface area contributed by atoms with Gasteiger partial charge in [-0.15, -0.1) is 0 Å². The van der Waals surface area contributed by atoms with Crippen LogP contribution in [0.15, 0.2) is 78.8 Å². The number of allylic oxidation sites excluding steroid dienone is 1. The fourth-order valence-electron chi connectivity index (χ4n) is 6.41. The van der Waals surface area contributed by atoms with Gasteiger partial charge in [-0.25, -0.2) is 0 Å². The Morgan fingerprint density at radius 2 is 1.76 bits per heavy atom. The maximum Gasteiger partial charge on any atom is 0.268 e. The zero-order valence-corrected chi connectivity index (χ0v) is 24.6. The molecule has 3 aliphatic rings. The van der Waals surface area contributed by atoms with Crippen molar-refractivity contribution in [3.8, 4) is 11.5 Å². The number of phenols is 1. The Balaban J connectivity index is 0.937. The predicted molar refractivity (Wildman–Crippen MR) is 167 cm³/mol. The van der Waals surface area contributed by atoms with Gasteiger partial charge in [0.25, 0.3) is 6.29 Å². The quantitative estimate of drug-likeness (QED) is 0.235. The molecule has 0 amide bonds. The van der Waals surface area contributed by atoms with Crippen molar-refractivity contribution in [3.05, 3.63) is 101 Å². The Bertz CT molecular complexity index is 1330. The maximum absolute atomic E-state index is 9.80. The molecule has 6 nitrogen and oxygen atoms in total. The lowest BCUT2D eigenvalue weighted by atomic mass is 9.83. The number of hydrogen-bond donors (Lipinski definition) is 2. The van der Waals surface area contributed by atoms with Crippen LogP contribution in [0.1, 0.15) is 67.1 Å². The van der Waals surface area contributed by atoms with Gasteiger partial charge < -0.3 is 24.6 Å². The van der Waals surface area contributed by atoms with Crippen molar-refractivity contribution >= 4 is 5.69 Å². The lowest BCUT2D eigenvalue weighted by molar-refractivity contribution is -0.0401. The molecule has 42 heavy (non-hydrogen) atoms. The first-order valence-corrected chi connectivity index (χ1v) is 15.8. The molecule has 2 aliphatic heterocycles. The van der Waals surface area contributed by atoms with Crippen molar-refractivity contribution < 1.29 is 19.3 Å². The molecule has 3 aromatic carbocycles. The van der Waals surface area contributed by atoms with E-state index in [1.54, 1.807) is 12.3 Å². The van der Waals surface area contributed by atoms with Crippen molar-refractivity contribution in [3.63, 3.8) is 0 Å². The number of anilines is 1. The van der Waals surface area contributed by atoms with Crippen molar-refractivity contribution in [2.24, 2.45) is 5.92 Å². The van der Waals surface area contributed by atoms with Crippen LogP contribution >= 0.6 is 0 Å². The second-order valence-corrected chi connectivity index (χ2v) is 11.9. The molecule has 0 radical (unpaired) electrons. The van der Waals surface area contributed by atoms with E-state index < -0.39 is 6.29 Å². The molecule has 2 unspecified atom stereocenters. The Hall–Kier alpha value is -3.64. The van der Waals surface area contributed by atoms with Crippen LogP contribution in [-0.4, -0.2) is 42.8 Å². The molecule has 1 saturated heterocycles. The standard InChI is InChI=1S/C36H44N2O4/c39-31-16-15-28-24-30(14-13-29(28)25-31)35-26-41-36(42-35)33-9-3-4-10-34(33)37-19-7-8-27-11-17-32(18-12-27)40-23-22-38-20-5-1-2-6-21-38/h3-4,9-12,15-18,25-26,30,36-37,39H,1-2,5-8,13-14,19-24H2. The van der Waals surface area contributed by atoms with E-state index in [4.69, 9.17) is 14.2 Å². The van der Waals surface area contributed by atoms with E-state index in [9.17, 15) is 5.11 Å². The second-order valence-electron chi connectivity index (χ2n) is 11.9. The summed E-state index contributed by atoms with van der Waals surface area (Å²) < 4.78 is 18.4. The number of ether oxygens (including phenoxy) is 3. The van der Waals surface area contributed by atoms with Gasteiger partial charge in [0.1, 0.15) is 30.1 Å². The van der Waals surface area contributed by atoms with Crippen LogP contribution in [0.5, 0.6) is 11.5 Å². The van der Waals surface area contributed by atoms with E-state index in [0.29, 0.717) is 11.7 Å². The Morgan fingerprint density at radius 1 is 0.929 bits per heavy atom. The molecule has 2 N–H and O–H groups in total. The summed E-state index contributed by atoms with van der Waals surface area (Å²) in [5, 5.41) is 13.4. The molecule has 0 saturated carbocycles. The largest absolute Gasteiger partial charge is 0.508 e. The number of phenolic OH excluding ortho intramolecular Hbond substituents is 1. The summed E-state index contributed by atoms with van der Waals surface area (Å²) in [4.78, 5) is 2.54. The number of fused-ring (bicyclic) bond motifs is 1. The molecule has 222 valence electrons. The molecule has 0 aromatic heterocycles. The maximum atomic E-state index is 9.80. The highest BCUT2D eigenvalue weighted by Gasteiger charge is 2.31. The van der Waals surface area contributed by atoms with Crippen LogP contribution in [0.25, 0.3) is 0 Å². The number of rotatable bonds is 11. The summed E-state index contributed by atoms with van der Waals surface area (Å²) in [7, 11) is 0. The number of para-hydroxylation sites is 1. The summed E-state index contributed by atoms with van der Waals surface area (Å²) in [6.45, 7) is 5.06. The molecule has 3 aromatic rings. The van der Waals surface area contributed by atoms with Gasteiger partial charge >= 0.3 is 0 Å². The first-order valence-electron chi connectivity index (χ1n) is 15.8. The van der Waals surface area contributed by atoms with E-state index in [-0.39, 0.29) is 0 Å². The molecule has 6 heteroatoms. The van der Waals surface area contributed by atoms with Crippen molar-refractivity contribution in [2.45, 2.75) is 64.1 Å². The SMILES string of the molecule is Oc1ccc2c(c1)CCC(C1=COC(c3ccccc3NCCCc3ccc(OCCN4CCCCCC4)cc3)O1)C2. The topological polar surface area (TPSA) is 63.2 Å². The normalized spacial score (nSPS) is 20.5. The Kier molecular flexibility index (Phi) is 9.50. The summed E-state index contributed by atoms with van der Waals surface area (Å²) in [6, 6.07) is 22.5. The number of nitrogens with one attached hydrogen (secondary N) is 1. The van der Waals surface area contributed by atoms with Gasteiger partial charge in [-0.2, -0.15) is 0 Å². The van der Waals surface area contributed by atoms with Crippen molar-refractivity contribution in [2.75, 3.05) is 38.1 Å². The van der Waals surface area contributed by atoms with E-state index in [0.717, 1.165) is 74.6 Å². The van der Waals surface area contributed by atoms with E-state index in [1.165, 1.54) is 55.5 Å². The van der Waals surface area contributed by atoms with Crippen LogP contribution in [-0.2, 0) is 28.7 Å². The van der Waals surface area contributed by atoms with E-state index >= 15 is 0 Å². The fourth-order valence-corrected chi connectivity index (χ4v) is 6.41. The number of aryl methyl sites for hydroxylation is 2. The van der Waals surface area contributed by atoms with Gasteiger partial charge in [0.05, 0.1) is 5.56 Å². The second kappa shape index (κ2) is 14.0. The highest BCUT2D eigenvalue weighted by Crippen LogP contribution is 2.40. The van der Waals surface area contributed by atoms with Crippen LogP contribution in [0.2, 0.25) is 0 Å². The number of benzene rings is 3. The predicted octanol–water partition coefficient (Wildman–Crippen LogP) is 7.38. The Morgan fingerprint density at radius 3 is 2.62 bits per heavy atom. The van der Waals surface area contributed by atoms with Gasteiger partial charge in [0, 0.05) is 24.7 Å². The molecule has 0 bridgehead atoms. The zero-order valence-electron chi connectivity index (χ0n) is 24.6. The molecule has 0 spiro atoms. The Labute approximate surface area is 250 Å². The summed E-state index contributed by atoms with van der Waals surface area (Å²) in [6.07, 6.45) is 11.6. The minimum atomic E-state index is -0.434. The number of aromatic hydroxyl groups is 1. The lowest BCUT2D eigenvalue weighted by Crippen LogP contribution is -2.29. The van der Waals surface area contributed by atoms with Crippen molar-refractivity contribution in [1.82, 2.24) is 4.90 Å². The highest BCUT2D eigenvalue weighted by atomic mass is 16.7. The third kappa shape index (κ3) is 7.40. The molecular formula is C36H44N2O4. The molecule has 2 heterocycles. The molecule has 2 atom stereocenters. The minimum Gasteiger partial charge on any atom is -0.508 e. The van der Waals surface area contributed by atoms with Gasteiger partial charge in [0.2, 0.25) is 0 Å². The third-order valence-corrected chi connectivity index (χ3v) is 8.84.